The predicted octanol–water partition coefficient (Wildman–Crippen LogP) is 3.44. The highest BCUT2D eigenvalue weighted by Crippen LogP contribution is 2.36. The number of rotatable bonds is 4. The van der Waals surface area contributed by atoms with Crippen molar-refractivity contribution in [2.24, 2.45) is 5.73 Å². The van der Waals surface area contributed by atoms with E-state index in [1.54, 1.807) is 12.3 Å². The van der Waals surface area contributed by atoms with Crippen LogP contribution < -0.4 is 11.1 Å². The van der Waals surface area contributed by atoms with Crippen molar-refractivity contribution in [3.05, 3.63) is 65.2 Å². The number of hydrogen-bond acceptors (Lipinski definition) is 6. The van der Waals surface area contributed by atoms with Gasteiger partial charge in [0.05, 0.1) is 23.0 Å². The van der Waals surface area contributed by atoms with E-state index in [4.69, 9.17) is 19.9 Å². The van der Waals surface area contributed by atoms with Crippen LogP contribution in [0.25, 0.3) is 22.6 Å². The van der Waals surface area contributed by atoms with Crippen molar-refractivity contribution >= 4 is 40.5 Å². The van der Waals surface area contributed by atoms with Gasteiger partial charge in [-0.25, -0.2) is 14.6 Å². The van der Waals surface area contributed by atoms with Gasteiger partial charge in [-0.2, -0.15) is 0 Å². The number of esters is 1. The molecule has 31 heavy (non-hydrogen) atoms. The van der Waals surface area contributed by atoms with E-state index >= 15 is 0 Å². The number of imide groups is 1. The number of nitrogens with zero attached hydrogens (tertiary/aromatic N) is 1. The van der Waals surface area contributed by atoms with Crippen molar-refractivity contribution < 1.29 is 23.5 Å². The van der Waals surface area contributed by atoms with Gasteiger partial charge in [0.15, 0.2) is 6.10 Å². The second kappa shape index (κ2) is 8.43. The Morgan fingerprint density at radius 1 is 1.19 bits per heavy atom. The van der Waals surface area contributed by atoms with Crippen LogP contribution in [0.4, 0.5) is 4.79 Å². The average Bonchev–Trinajstić information content (AvgIpc) is 3.25. The lowest BCUT2D eigenvalue weighted by molar-refractivity contribution is -0.127. The monoisotopic (exact) mass is 419 g/mol. The normalized spacial score (nSPS) is 15.3. The molecule has 1 atom stereocenters. The van der Waals surface area contributed by atoms with Gasteiger partial charge in [-0.1, -0.05) is 18.2 Å². The third-order valence-electron chi connectivity index (χ3n) is 5.13. The van der Waals surface area contributed by atoms with E-state index in [2.05, 4.69) is 0 Å². The molecule has 2 aromatic heterocycles. The number of pyridine rings is 1. The Labute approximate surface area is 178 Å². The Morgan fingerprint density at radius 3 is 2.74 bits per heavy atom. The zero-order valence-corrected chi connectivity index (χ0v) is 16.9. The standard InChI is InChI=1S/C23H21N3O5/c1-13(21(27)26-23(24)29)31-22(28)19-16-8-2-3-10-18(16)25-20-14(6-4-9-17(19)20)12-15-7-5-11-30-15/h2-3,5,7-8,10-13H,4,6,9H2,1H3,(H3,24,26,27,29)/b14-12+. The molecule has 4 rings (SSSR count). The second-order valence-electron chi connectivity index (χ2n) is 7.27. The Hall–Kier alpha value is -3.94. The molecule has 3 amide bonds. The molecule has 0 bridgehead atoms. The average molecular weight is 419 g/mol. The fraction of sp³-hybridized carbons (Fsp3) is 0.217. The number of nitrogens with two attached hydrogens (primary N) is 1. The van der Waals surface area contributed by atoms with Crippen LogP contribution in [0.2, 0.25) is 0 Å². The fourth-order valence-electron chi connectivity index (χ4n) is 3.75. The number of primary amides is 1. The number of amides is 3. The lowest BCUT2D eigenvalue weighted by Crippen LogP contribution is -2.42. The first-order valence-corrected chi connectivity index (χ1v) is 9.91. The van der Waals surface area contributed by atoms with Gasteiger partial charge in [-0.05, 0) is 61.6 Å². The first-order valence-electron chi connectivity index (χ1n) is 9.91. The van der Waals surface area contributed by atoms with Crippen LogP contribution in [0.15, 0.2) is 47.1 Å². The number of nitrogens with one attached hydrogen (secondary N) is 1. The third-order valence-corrected chi connectivity index (χ3v) is 5.13. The van der Waals surface area contributed by atoms with Gasteiger partial charge in [-0.3, -0.25) is 10.1 Å². The lowest BCUT2D eigenvalue weighted by atomic mass is 9.86. The summed E-state index contributed by atoms with van der Waals surface area (Å²) in [6.07, 6.45) is 4.62. The molecule has 8 heteroatoms. The number of carbonyl (C=O) groups is 3. The third kappa shape index (κ3) is 4.18. The zero-order chi connectivity index (χ0) is 22.0. The number of hydrogen-bond donors (Lipinski definition) is 2. The molecule has 1 aliphatic rings. The zero-order valence-electron chi connectivity index (χ0n) is 16.9. The van der Waals surface area contributed by atoms with E-state index in [0.717, 1.165) is 29.7 Å². The van der Waals surface area contributed by atoms with Gasteiger partial charge in [0.2, 0.25) is 0 Å². The quantitative estimate of drug-likeness (QED) is 0.624. The molecule has 0 radical (unpaired) electrons. The highest BCUT2D eigenvalue weighted by molar-refractivity contribution is 6.07. The maximum Gasteiger partial charge on any atom is 0.339 e. The summed E-state index contributed by atoms with van der Waals surface area (Å²) < 4.78 is 10.8. The Kier molecular flexibility index (Phi) is 5.53. The fourth-order valence-corrected chi connectivity index (χ4v) is 3.75. The van der Waals surface area contributed by atoms with E-state index in [-0.39, 0.29) is 0 Å². The Bertz CT molecular complexity index is 1200. The van der Waals surface area contributed by atoms with Gasteiger partial charge in [0.1, 0.15) is 5.76 Å². The number of furan rings is 1. The van der Waals surface area contributed by atoms with Gasteiger partial charge < -0.3 is 14.9 Å². The van der Waals surface area contributed by atoms with Crippen molar-refractivity contribution in [3.63, 3.8) is 0 Å². The molecule has 2 heterocycles. The van der Waals surface area contributed by atoms with E-state index in [9.17, 15) is 14.4 Å². The van der Waals surface area contributed by atoms with Crippen LogP contribution in [0.5, 0.6) is 0 Å². The molecule has 0 aliphatic heterocycles. The highest BCUT2D eigenvalue weighted by atomic mass is 16.5. The minimum atomic E-state index is -1.19. The predicted molar refractivity (Wildman–Crippen MR) is 114 cm³/mol. The molecule has 0 fully saturated rings. The molecule has 8 nitrogen and oxygen atoms in total. The van der Waals surface area contributed by atoms with E-state index in [1.165, 1.54) is 6.92 Å². The van der Waals surface area contributed by atoms with Gasteiger partial charge >= 0.3 is 12.0 Å². The largest absolute Gasteiger partial charge is 0.465 e. The molecule has 158 valence electrons. The molecule has 1 unspecified atom stereocenters. The van der Waals surface area contributed by atoms with Crippen LogP contribution in [-0.4, -0.2) is 29.0 Å². The summed E-state index contributed by atoms with van der Waals surface area (Å²) in [7, 11) is 0. The summed E-state index contributed by atoms with van der Waals surface area (Å²) in [4.78, 5) is 40.9. The van der Waals surface area contributed by atoms with Gasteiger partial charge in [0.25, 0.3) is 5.91 Å². The minimum absolute atomic E-state index is 0.379. The number of carbonyl (C=O) groups excluding carboxylic acids is 3. The number of fused-ring (bicyclic) bond motifs is 2. The van der Waals surface area contributed by atoms with Crippen LogP contribution in [0.3, 0.4) is 0 Å². The number of ether oxygens (including phenoxy) is 1. The molecule has 0 spiro atoms. The molecule has 3 N–H and O–H groups in total. The Balaban J connectivity index is 1.79. The van der Waals surface area contributed by atoms with Crippen molar-refractivity contribution in [2.45, 2.75) is 32.3 Å². The molecule has 0 saturated carbocycles. The summed E-state index contributed by atoms with van der Waals surface area (Å²) in [5, 5.41) is 2.57. The summed E-state index contributed by atoms with van der Waals surface area (Å²) in [6.45, 7) is 1.38. The van der Waals surface area contributed by atoms with Crippen molar-refractivity contribution in [3.8, 4) is 0 Å². The maximum absolute atomic E-state index is 13.2. The number of para-hydroxylation sites is 1. The van der Waals surface area contributed by atoms with E-state index in [1.807, 2.05) is 41.7 Å². The van der Waals surface area contributed by atoms with Crippen LogP contribution in [0.1, 0.15) is 47.1 Å². The van der Waals surface area contributed by atoms with Gasteiger partial charge in [0, 0.05) is 5.39 Å². The van der Waals surface area contributed by atoms with Crippen LogP contribution >= 0.6 is 0 Å². The van der Waals surface area contributed by atoms with E-state index in [0.29, 0.717) is 28.6 Å². The van der Waals surface area contributed by atoms with Crippen molar-refractivity contribution in [1.29, 1.82) is 0 Å². The van der Waals surface area contributed by atoms with Gasteiger partial charge in [-0.15, -0.1) is 0 Å². The molecule has 1 aromatic carbocycles. The lowest BCUT2D eigenvalue weighted by Gasteiger charge is -2.23. The molecular formula is C23H21N3O5. The summed E-state index contributed by atoms with van der Waals surface area (Å²) >= 11 is 0. The molecular weight excluding hydrogens is 398 g/mol. The van der Waals surface area contributed by atoms with Crippen molar-refractivity contribution in [1.82, 2.24) is 10.3 Å². The summed E-state index contributed by atoms with van der Waals surface area (Å²) in [5.74, 6) is -0.730. The second-order valence-corrected chi connectivity index (χ2v) is 7.27. The topological polar surface area (TPSA) is 125 Å². The number of allylic oxidation sites excluding steroid dienone is 1. The Morgan fingerprint density at radius 2 is 2.00 bits per heavy atom. The minimum Gasteiger partial charge on any atom is -0.465 e. The first kappa shape index (κ1) is 20.3. The molecule has 3 aromatic rings. The number of benzene rings is 1. The first-order chi connectivity index (χ1) is 14.9. The molecule has 1 aliphatic carbocycles. The highest BCUT2D eigenvalue weighted by Gasteiger charge is 2.28. The number of aromatic nitrogens is 1. The van der Waals surface area contributed by atoms with E-state index < -0.39 is 24.0 Å². The molecule has 0 saturated heterocycles. The summed E-state index contributed by atoms with van der Waals surface area (Å²) in [6, 6.07) is 9.96. The van der Waals surface area contributed by atoms with Crippen LogP contribution in [-0.2, 0) is 16.0 Å². The smallest absolute Gasteiger partial charge is 0.339 e. The van der Waals surface area contributed by atoms with Crippen molar-refractivity contribution in [2.75, 3.05) is 0 Å². The number of urea groups is 1. The maximum atomic E-state index is 13.2. The van der Waals surface area contributed by atoms with Crippen LogP contribution in [0, 0.1) is 0 Å². The SMILES string of the molecule is CC(OC(=O)c1c2c(nc3ccccc13)/C(=C/c1ccco1)CCC2)C(=O)NC(N)=O. The summed E-state index contributed by atoms with van der Waals surface area (Å²) in [5.41, 5.74) is 8.47.